The molecule has 34 heavy (non-hydrogen) atoms. The Labute approximate surface area is 199 Å². The molecule has 4 aromatic carbocycles. The van der Waals surface area contributed by atoms with Gasteiger partial charge in [-0.3, -0.25) is 4.79 Å². The molecule has 0 unspecified atom stereocenters. The molecule has 0 bridgehead atoms. The SMILES string of the molecule is Cc1ccccc1C1=C(C2=C(O)c3ccccc3[C@H]2c2ccccc2C)C(=O)c2ccccc21. The molecule has 4 aromatic rings. The second-order valence-corrected chi connectivity index (χ2v) is 9.08. The Morgan fingerprint density at radius 1 is 0.559 bits per heavy atom. The lowest BCUT2D eigenvalue weighted by molar-refractivity contribution is 0.103. The first kappa shape index (κ1) is 20.4. The number of carbonyl (C=O) groups is 1. The molecule has 2 aliphatic carbocycles. The highest BCUT2D eigenvalue weighted by Gasteiger charge is 2.42. The third-order valence-electron chi connectivity index (χ3n) is 7.17. The first-order valence-corrected chi connectivity index (χ1v) is 11.6. The molecule has 2 nitrogen and oxygen atoms in total. The number of benzene rings is 4. The van der Waals surface area contributed by atoms with Gasteiger partial charge in [0, 0.05) is 33.8 Å². The third-order valence-corrected chi connectivity index (χ3v) is 7.17. The van der Waals surface area contributed by atoms with Crippen LogP contribution in [0.15, 0.2) is 108 Å². The second kappa shape index (κ2) is 7.71. The largest absolute Gasteiger partial charge is 0.507 e. The van der Waals surface area contributed by atoms with Gasteiger partial charge in [-0.15, -0.1) is 0 Å². The fourth-order valence-electron chi connectivity index (χ4n) is 5.57. The second-order valence-electron chi connectivity index (χ2n) is 9.08. The van der Waals surface area contributed by atoms with Crippen molar-refractivity contribution in [3.63, 3.8) is 0 Å². The maximum atomic E-state index is 14.0. The molecule has 0 aromatic heterocycles. The molecule has 0 aliphatic heterocycles. The summed E-state index contributed by atoms with van der Waals surface area (Å²) in [5.41, 5.74) is 10.0. The minimum Gasteiger partial charge on any atom is -0.507 e. The predicted octanol–water partition coefficient (Wildman–Crippen LogP) is 7.42. The molecule has 1 N–H and O–H groups in total. The van der Waals surface area contributed by atoms with E-state index < -0.39 is 0 Å². The first-order valence-electron chi connectivity index (χ1n) is 11.6. The Balaban J connectivity index is 1.71. The van der Waals surface area contributed by atoms with Gasteiger partial charge >= 0.3 is 0 Å². The molecule has 0 saturated carbocycles. The van der Waals surface area contributed by atoms with Crippen molar-refractivity contribution in [2.24, 2.45) is 0 Å². The van der Waals surface area contributed by atoms with E-state index in [1.165, 1.54) is 0 Å². The summed E-state index contributed by atoms with van der Waals surface area (Å²) in [5.74, 6) is -0.0439. The van der Waals surface area contributed by atoms with E-state index in [1.807, 2.05) is 66.7 Å². The van der Waals surface area contributed by atoms with Crippen LogP contribution < -0.4 is 0 Å². The van der Waals surface area contributed by atoms with Crippen molar-refractivity contribution in [3.8, 4) is 0 Å². The fraction of sp³-hybridized carbons (Fsp3) is 0.0938. The highest BCUT2D eigenvalue weighted by atomic mass is 16.3. The van der Waals surface area contributed by atoms with Crippen molar-refractivity contribution in [1.82, 2.24) is 0 Å². The number of aliphatic hydroxyl groups is 1. The molecule has 1 atom stereocenters. The number of aliphatic hydroxyl groups excluding tert-OH is 1. The maximum absolute atomic E-state index is 14.0. The van der Waals surface area contributed by atoms with E-state index in [1.54, 1.807) is 0 Å². The van der Waals surface area contributed by atoms with Gasteiger partial charge in [-0.25, -0.2) is 0 Å². The van der Waals surface area contributed by atoms with Crippen molar-refractivity contribution >= 4 is 17.1 Å². The minimum atomic E-state index is -0.218. The summed E-state index contributed by atoms with van der Waals surface area (Å²) in [7, 11) is 0. The van der Waals surface area contributed by atoms with Gasteiger partial charge in [0.1, 0.15) is 5.76 Å². The standard InChI is InChI=1S/C32H24O2/c1-19-11-3-5-13-21(19)27-23-15-7-9-17-25(23)31(33)29(27)30-28(22-14-6-4-12-20(22)2)24-16-8-10-18-26(24)32(30)34/h3-18,27,33H,1-2H3/t27-/m1/s1. The lowest BCUT2D eigenvalue weighted by Gasteiger charge is -2.21. The number of hydrogen-bond donors (Lipinski definition) is 1. The van der Waals surface area contributed by atoms with Crippen LogP contribution in [-0.4, -0.2) is 10.9 Å². The van der Waals surface area contributed by atoms with Gasteiger partial charge in [-0.2, -0.15) is 0 Å². The summed E-state index contributed by atoms with van der Waals surface area (Å²) in [6.45, 7) is 4.16. The number of fused-ring (bicyclic) bond motifs is 2. The van der Waals surface area contributed by atoms with Crippen LogP contribution in [0, 0.1) is 13.8 Å². The summed E-state index contributed by atoms with van der Waals surface area (Å²) >= 11 is 0. The fourth-order valence-corrected chi connectivity index (χ4v) is 5.57. The molecule has 2 heteroatoms. The number of Topliss-reactive ketones (excluding diaryl/α,β-unsaturated/α-hetero) is 1. The van der Waals surface area contributed by atoms with E-state index in [4.69, 9.17) is 0 Å². The normalized spacial score (nSPS) is 16.8. The topological polar surface area (TPSA) is 37.3 Å². The summed E-state index contributed by atoms with van der Waals surface area (Å²) < 4.78 is 0. The molecule has 6 rings (SSSR count). The molecule has 0 heterocycles. The van der Waals surface area contributed by atoms with E-state index in [-0.39, 0.29) is 17.5 Å². The van der Waals surface area contributed by atoms with Crippen LogP contribution in [0.1, 0.15) is 55.2 Å². The Bertz CT molecular complexity index is 1550. The quantitative estimate of drug-likeness (QED) is 0.360. The van der Waals surface area contributed by atoms with Crippen LogP contribution in [0.4, 0.5) is 0 Å². The predicted molar refractivity (Wildman–Crippen MR) is 137 cm³/mol. The first-order chi connectivity index (χ1) is 16.6. The Morgan fingerprint density at radius 3 is 1.76 bits per heavy atom. The lowest BCUT2D eigenvalue weighted by Crippen LogP contribution is -2.11. The number of allylic oxidation sites excluding steroid dienone is 2. The van der Waals surface area contributed by atoms with Crippen LogP contribution >= 0.6 is 0 Å². The monoisotopic (exact) mass is 440 g/mol. The van der Waals surface area contributed by atoms with Crippen molar-refractivity contribution in [2.75, 3.05) is 0 Å². The van der Waals surface area contributed by atoms with Crippen molar-refractivity contribution in [1.29, 1.82) is 0 Å². The molecule has 0 fully saturated rings. The van der Waals surface area contributed by atoms with Crippen LogP contribution in [-0.2, 0) is 0 Å². The average molecular weight is 441 g/mol. The van der Waals surface area contributed by atoms with Crippen molar-refractivity contribution < 1.29 is 9.90 Å². The van der Waals surface area contributed by atoms with E-state index in [9.17, 15) is 9.90 Å². The van der Waals surface area contributed by atoms with Crippen molar-refractivity contribution in [2.45, 2.75) is 19.8 Å². The summed E-state index contributed by atoms with van der Waals surface area (Å²) in [4.78, 5) is 14.0. The van der Waals surface area contributed by atoms with Gasteiger partial charge < -0.3 is 5.11 Å². The molecule has 0 radical (unpaired) electrons. The van der Waals surface area contributed by atoms with E-state index in [0.717, 1.165) is 44.5 Å². The summed E-state index contributed by atoms with van der Waals surface area (Å²) in [5, 5.41) is 11.6. The van der Waals surface area contributed by atoms with E-state index in [0.29, 0.717) is 16.7 Å². The van der Waals surface area contributed by atoms with Crippen LogP contribution in [0.25, 0.3) is 11.3 Å². The zero-order chi connectivity index (χ0) is 23.4. The summed E-state index contributed by atoms with van der Waals surface area (Å²) in [6, 6.07) is 32.2. The minimum absolute atomic E-state index is 0.0261. The number of carbonyl (C=O) groups excluding carboxylic acids is 1. The zero-order valence-corrected chi connectivity index (χ0v) is 19.2. The Morgan fingerprint density at radius 2 is 1.09 bits per heavy atom. The third kappa shape index (κ3) is 2.85. The number of hydrogen-bond acceptors (Lipinski definition) is 2. The average Bonchev–Trinajstić information content (AvgIpc) is 3.31. The lowest BCUT2D eigenvalue weighted by atomic mass is 9.80. The van der Waals surface area contributed by atoms with Gasteiger partial charge in [0.2, 0.25) is 0 Å². The van der Waals surface area contributed by atoms with Crippen LogP contribution in [0.2, 0.25) is 0 Å². The zero-order valence-electron chi connectivity index (χ0n) is 19.2. The Kier molecular flexibility index (Phi) is 4.63. The number of rotatable bonds is 3. The van der Waals surface area contributed by atoms with Gasteiger partial charge in [0.05, 0.1) is 0 Å². The maximum Gasteiger partial charge on any atom is 0.194 e. The van der Waals surface area contributed by atoms with Gasteiger partial charge in [0.25, 0.3) is 0 Å². The molecule has 0 saturated heterocycles. The molecule has 0 spiro atoms. The molecular formula is C32H24O2. The van der Waals surface area contributed by atoms with Gasteiger partial charge in [-0.1, -0.05) is 97.1 Å². The van der Waals surface area contributed by atoms with Crippen LogP contribution in [0.3, 0.4) is 0 Å². The van der Waals surface area contributed by atoms with Gasteiger partial charge in [0.15, 0.2) is 5.78 Å². The molecule has 2 aliphatic rings. The summed E-state index contributed by atoms with van der Waals surface area (Å²) in [6.07, 6.45) is 0. The number of aryl methyl sites for hydroxylation is 2. The molecule has 0 amide bonds. The van der Waals surface area contributed by atoms with Gasteiger partial charge in [-0.05, 0) is 47.2 Å². The Hall–Kier alpha value is -4.17. The van der Waals surface area contributed by atoms with Crippen molar-refractivity contribution in [3.05, 3.63) is 153 Å². The highest BCUT2D eigenvalue weighted by molar-refractivity contribution is 6.26. The number of ketones is 1. The highest BCUT2D eigenvalue weighted by Crippen LogP contribution is 2.53. The smallest absolute Gasteiger partial charge is 0.194 e. The molecular weight excluding hydrogens is 416 g/mol. The van der Waals surface area contributed by atoms with Crippen LogP contribution in [0.5, 0.6) is 0 Å². The van der Waals surface area contributed by atoms with E-state index in [2.05, 4.69) is 44.2 Å². The molecule has 164 valence electrons. The van der Waals surface area contributed by atoms with E-state index >= 15 is 0 Å².